The highest BCUT2D eigenvalue weighted by atomic mass is 19.3. The number of H-pyrrole nitrogens is 1. The van der Waals surface area contributed by atoms with Crippen LogP contribution in [-0.2, 0) is 6.54 Å². The lowest BCUT2D eigenvalue weighted by Gasteiger charge is -2.12. The van der Waals surface area contributed by atoms with E-state index in [1.165, 1.54) is 12.1 Å². The van der Waals surface area contributed by atoms with E-state index in [0.29, 0.717) is 0 Å². The zero-order chi connectivity index (χ0) is 18.0. The fourth-order valence-electron chi connectivity index (χ4n) is 2.22. The Bertz CT molecular complexity index is 929. The third-order valence-corrected chi connectivity index (χ3v) is 3.37. The highest BCUT2D eigenvalue weighted by Gasteiger charge is 2.18. The van der Waals surface area contributed by atoms with Crippen LogP contribution < -0.4 is 10.1 Å². The topological polar surface area (TPSA) is 79.9 Å². The number of aromatic nitrogens is 3. The molecule has 3 aromatic rings. The van der Waals surface area contributed by atoms with Gasteiger partial charge in [-0.3, -0.25) is 4.79 Å². The van der Waals surface area contributed by atoms with Crippen molar-refractivity contribution >= 4 is 16.9 Å². The molecule has 0 aliphatic heterocycles. The third kappa shape index (κ3) is 3.52. The van der Waals surface area contributed by atoms with Gasteiger partial charge < -0.3 is 10.1 Å². The van der Waals surface area contributed by atoms with Gasteiger partial charge >= 0.3 is 6.61 Å². The quantitative estimate of drug-likeness (QED) is 0.691. The Morgan fingerprint density at radius 1 is 1.16 bits per heavy atom. The van der Waals surface area contributed by atoms with E-state index < -0.39 is 36.4 Å². The van der Waals surface area contributed by atoms with E-state index in [0.717, 1.165) is 18.2 Å². The van der Waals surface area contributed by atoms with Crippen LogP contribution in [0.25, 0.3) is 11.0 Å². The number of aromatic amines is 1. The summed E-state index contributed by atoms with van der Waals surface area (Å²) in [6.45, 7) is -3.62. The number of benzene rings is 2. The van der Waals surface area contributed by atoms with Gasteiger partial charge in [0.1, 0.15) is 28.4 Å². The van der Waals surface area contributed by atoms with Gasteiger partial charge in [-0.15, -0.1) is 0 Å². The number of nitrogens with one attached hydrogen (secondary N) is 2. The zero-order valence-electron chi connectivity index (χ0n) is 12.4. The number of carbonyl (C=O) groups excluding carboxylic acids is 1. The number of nitrogens with zero attached hydrogens (tertiary/aromatic N) is 2. The van der Waals surface area contributed by atoms with E-state index in [4.69, 9.17) is 0 Å². The van der Waals surface area contributed by atoms with Crippen LogP contribution in [0.3, 0.4) is 0 Å². The third-order valence-electron chi connectivity index (χ3n) is 3.37. The molecule has 1 amide bonds. The molecule has 0 aliphatic carbocycles. The van der Waals surface area contributed by atoms with Gasteiger partial charge in [0.15, 0.2) is 0 Å². The van der Waals surface area contributed by atoms with Gasteiger partial charge in [-0.25, -0.2) is 8.78 Å². The van der Waals surface area contributed by atoms with Gasteiger partial charge in [-0.2, -0.15) is 24.2 Å². The number of rotatable bonds is 5. The second-order valence-electron chi connectivity index (χ2n) is 4.92. The van der Waals surface area contributed by atoms with Crippen LogP contribution in [0.4, 0.5) is 17.6 Å². The van der Waals surface area contributed by atoms with Crippen molar-refractivity contribution in [3.8, 4) is 5.75 Å². The summed E-state index contributed by atoms with van der Waals surface area (Å²) in [7, 11) is 0. The van der Waals surface area contributed by atoms with Crippen molar-refractivity contribution in [2.75, 3.05) is 0 Å². The van der Waals surface area contributed by atoms with Crippen LogP contribution in [-0.4, -0.2) is 27.9 Å². The van der Waals surface area contributed by atoms with E-state index in [9.17, 15) is 22.4 Å². The molecule has 0 saturated carbocycles. The minimum atomic E-state index is -3.15. The summed E-state index contributed by atoms with van der Waals surface area (Å²) in [6.07, 6.45) is 0. The number of hydrogen-bond acceptors (Lipinski definition) is 4. The van der Waals surface area contributed by atoms with Crippen molar-refractivity contribution in [2.24, 2.45) is 0 Å². The van der Waals surface area contributed by atoms with E-state index in [2.05, 4.69) is 25.5 Å². The number of hydrogen-bond donors (Lipinski definition) is 2. The van der Waals surface area contributed by atoms with Gasteiger partial charge in [0.25, 0.3) is 5.91 Å². The molecular weight excluding hydrogens is 344 g/mol. The number of halogens is 4. The highest BCUT2D eigenvalue weighted by molar-refractivity contribution is 5.97. The van der Waals surface area contributed by atoms with Crippen LogP contribution in [0.5, 0.6) is 5.75 Å². The normalized spacial score (nSPS) is 11.1. The van der Waals surface area contributed by atoms with E-state index in [1.54, 1.807) is 0 Å². The first-order valence-corrected chi connectivity index (χ1v) is 6.96. The molecule has 0 bridgehead atoms. The highest BCUT2D eigenvalue weighted by Crippen LogP contribution is 2.23. The molecular formula is C15H10F4N4O2. The van der Waals surface area contributed by atoms with Crippen molar-refractivity contribution in [3.63, 3.8) is 0 Å². The van der Waals surface area contributed by atoms with Crippen molar-refractivity contribution in [1.82, 2.24) is 20.7 Å². The maximum atomic E-state index is 14.0. The Kier molecular flexibility index (Phi) is 4.50. The molecule has 0 aliphatic rings. The second-order valence-corrected chi connectivity index (χ2v) is 4.92. The lowest BCUT2D eigenvalue weighted by Crippen LogP contribution is -2.25. The van der Waals surface area contributed by atoms with Crippen LogP contribution in [0, 0.1) is 11.6 Å². The minimum Gasteiger partial charge on any atom is -0.434 e. The maximum absolute atomic E-state index is 14.0. The Hall–Kier alpha value is -3.17. The first kappa shape index (κ1) is 16.7. The molecule has 0 atom stereocenters. The molecule has 0 unspecified atom stereocenters. The van der Waals surface area contributed by atoms with Crippen LogP contribution in [0.15, 0.2) is 30.3 Å². The molecule has 0 saturated heterocycles. The Morgan fingerprint density at radius 3 is 2.60 bits per heavy atom. The SMILES string of the molecule is O=C(NCc1c(F)cccc1OC(F)F)c1cc2n[nH]nc2cc1F. The van der Waals surface area contributed by atoms with E-state index in [1.807, 2.05) is 0 Å². The van der Waals surface area contributed by atoms with E-state index >= 15 is 0 Å². The molecule has 3 rings (SSSR count). The molecule has 25 heavy (non-hydrogen) atoms. The molecule has 2 N–H and O–H groups in total. The number of carbonyl (C=O) groups is 1. The summed E-state index contributed by atoms with van der Waals surface area (Å²) in [5, 5.41) is 12.0. The molecule has 0 fully saturated rings. The predicted octanol–water partition coefficient (Wildman–Crippen LogP) is 2.77. The van der Waals surface area contributed by atoms with Gasteiger partial charge in [-0.05, 0) is 18.2 Å². The summed E-state index contributed by atoms with van der Waals surface area (Å²) in [5.41, 5.74) is -0.122. The number of ether oxygens (including phenoxy) is 1. The molecule has 6 nitrogen and oxygen atoms in total. The molecule has 130 valence electrons. The summed E-state index contributed by atoms with van der Waals surface area (Å²) in [4.78, 5) is 12.1. The minimum absolute atomic E-state index is 0.232. The first-order chi connectivity index (χ1) is 12.0. The lowest BCUT2D eigenvalue weighted by molar-refractivity contribution is -0.0506. The van der Waals surface area contributed by atoms with Crippen LogP contribution in [0.2, 0.25) is 0 Å². The summed E-state index contributed by atoms with van der Waals surface area (Å²) in [5.74, 6) is -2.97. The Balaban J connectivity index is 1.81. The largest absolute Gasteiger partial charge is 0.434 e. The number of fused-ring (bicyclic) bond motifs is 1. The molecule has 1 heterocycles. The number of alkyl halides is 2. The average molecular weight is 354 g/mol. The maximum Gasteiger partial charge on any atom is 0.387 e. The van der Waals surface area contributed by atoms with Crippen LogP contribution >= 0.6 is 0 Å². The standard InChI is InChI=1S/C15H10F4N4O2/c16-9-2-1-3-13(25-15(18)19)8(9)6-20-14(24)7-4-11-12(5-10(7)17)22-23-21-11/h1-5,15H,6H2,(H,20,24)(H,21,22,23). The van der Waals surface area contributed by atoms with E-state index in [-0.39, 0.29) is 22.2 Å². The summed E-state index contributed by atoms with van der Waals surface area (Å²) >= 11 is 0. The Morgan fingerprint density at radius 2 is 1.88 bits per heavy atom. The zero-order valence-corrected chi connectivity index (χ0v) is 12.4. The summed E-state index contributed by atoms with van der Waals surface area (Å²) < 4.78 is 56.7. The van der Waals surface area contributed by atoms with Gasteiger partial charge in [-0.1, -0.05) is 6.07 Å². The van der Waals surface area contributed by atoms with Crippen LogP contribution in [0.1, 0.15) is 15.9 Å². The first-order valence-electron chi connectivity index (χ1n) is 6.96. The van der Waals surface area contributed by atoms with Crippen molar-refractivity contribution in [2.45, 2.75) is 13.2 Å². The molecule has 0 radical (unpaired) electrons. The predicted molar refractivity (Wildman–Crippen MR) is 78.0 cm³/mol. The molecule has 2 aromatic carbocycles. The smallest absolute Gasteiger partial charge is 0.387 e. The van der Waals surface area contributed by atoms with Crippen molar-refractivity contribution in [1.29, 1.82) is 0 Å². The fraction of sp³-hybridized carbons (Fsp3) is 0.133. The molecule has 0 spiro atoms. The monoisotopic (exact) mass is 354 g/mol. The van der Waals surface area contributed by atoms with Gasteiger partial charge in [0.05, 0.1) is 5.56 Å². The lowest BCUT2D eigenvalue weighted by atomic mass is 10.1. The van der Waals surface area contributed by atoms with Gasteiger partial charge in [0.2, 0.25) is 0 Å². The second kappa shape index (κ2) is 6.75. The molecule has 10 heteroatoms. The van der Waals surface area contributed by atoms with Gasteiger partial charge in [0, 0.05) is 18.2 Å². The van der Waals surface area contributed by atoms with Crippen molar-refractivity contribution in [3.05, 3.63) is 53.1 Å². The molecule has 1 aromatic heterocycles. The van der Waals surface area contributed by atoms with Crippen molar-refractivity contribution < 1.29 is 27.1 Å². The average Bonchev–Trinajstić information content (AvgIpc) is 3.00. The fourth-order valence-corrected chi connectivity index (χ4v) is 2.22. The Labute approximate surface area is 137 Å². The number of amides is 1. The summed E-state index contributed by atoms with van der Waals surface area (Å²) in [6, 6.07) is 5.54.